The number of nitrogens with zero attached hydrogens (tertiary/aromatic N) is 1. The Morgan fingerprint density at radius 3 is 2.68 bits per heavy atom. The second-order valence-corrected chi connectivity index (χ2v) is 5.51. The number of nitrogens with one attached hydrogen (secondary N) is 1. The van der Waals surface area contributed by atoms with Crippen LogP contribution in [0, 0.1) is 12.7 Å². The molecule has 0 unspecified atom stereocenters. The predicted octanol–water partition coefficient (Wildman–Crippen LogP) is 1.91. The van der Waals surface area contributed by atoms with Gasteiger partial charge in [-0.15, -0.1) is 0 Å². The summed E-state index contributed by atoms with van der Waals surface area (Å²) < 4.78 is 39.9. The van der Waals surface area contributed by atoms with Crippen LogP contribution in [0.1, 0.15) is 5.56 Å². The van der Waals surface area contributed by atoms with Gasteiger partial charge in [0.1, 0.15) is 5.82 Å². The maximum atomic E-state index is 13.4. The highest BCUT2D eigenvalue weighted by molar-refractivity contribution is 7.92. The summed E-state index contributed by atoms with van der Waals surface area (Å²) in [6, 6.07) is 7.10. The molecule has 0 saturated heterocycles. The number of hydrogen-bond donors (Lipinski definition) is 2. The van der Waals surface area contributed by atoms with E-state index in [0.717, 1.165) is 0 Å². The van der Waals surface area contributed by atoms with Crippen LogP contribution in [0.4, 0.5) is 15.8 Å². The molecule has 0 bridgehead atoms. The van der Waals surface area contributed by atoms with E-state index in [9.17, 15) is 12.8 Å². The average molecular weight is 281 g/mol. The number of halogens is 1. The molecular formula is C12H12FN3O2S. The zero-order chi connectivity index (χ0) is 14.0. The van der Waals surface area contributed by atoms with Crippen molar-refractivity contribution in [2.45, 2.75) is 11.9 Å². The van der Waals surface area contributed by atoms with Crippen molar-refractivity contribution in [2.75, 3.05) is 10.5 Å². The molecule has 0 saturated carbocycles. The maximum absolute atomic E-state index is 13.4. The first-order chi connectivity index (χ1) is 8.92. The minimum atomic E-state index is -3.94. The molecule has 0 atom stereocenters. The normalized spacial score (nSPS) is 11.3. The fraction of sp³-hybridized carbons (Fsp3) is 0.0833. The second kappa shape index (κ2) is 4.85. The zero-order valence-electron chi connectivity index (χ0n) is 10.1. The Morgan fingerprint density at radius 2 is 2.00 bits per heavy atom. The molecule has 1 heterocycles. The standard InChI is InChI=1S/C12H12FN3O2S/c1-8-9(13)4-2-6-11(8)16-19(17,18)12-10(14)5-3-7-15-12/h2-7,16H,14H2,1H3. The Labute approximate surface area is 110 Å². The Balaban J connectivity index is 2.43. The van der Waals surface area contributed by atoms with E-state index in [2.05, 4.69) is 9.71 Å². The van der Waals surface area contributed by atoms with E-state index in [1.165, 1.54) is 43.5 Å². The van der Waals surface area contributed by atoms with Gasteiger partial charge in [-0.05, 0) is 31.2 Å². The lowest BCUT2D eigenvalue weighted by Crippen LogP contribution is -2.17. The van der Waals surface area contributed by atoms with Crippen molar-refractivity contribution in [3.8, 4) is 0 Å². The number of hydrogen-bond acceptors (Lipinski definition) is 4. The van der Waals surface area contributed by atoms with Crippen LogP contribution in [0.15, 0.2) is 41.6 Å². The first-order valence-electron chi connectivity index (χ1n) is 5.40. The Hall–Kier alpha value is -2.15. The molecule has 0 fully saturated rings. The Kier molecular flexibility index (Phi) is 3.39. The van der Waals surface area contributed by atoms with Crippen molar-refractivity contribution in [3.63, 3.8) is 0 Å². The monoisotopic (exact) mass is 281 g/mol. The molecule has 100 valence electrons. The summed E-state index contributed by atoms with van der Waals surface area (Å²) in [5, 5.41) is -0.279. The molecule has 0 aliphatic rings. The number of nitrogens with two attached hydrogens (primary N) is 1. The molecule has 5 nitrogen and oxygen atoms in total. The highest BCUT2D eigenvalue weighted by atomic mass is 32.2. The molecule has 0 amide bonds. The van der Waals surface area contributed by atoms with E-state index >= 15 is 0 Å². The van der Waals surface area contributed by atoms with Crippen LogP contribution in [0.25, 0.3) is 0 Å². The van der Waals surface area contributed by atoms with Crippen molar-refractivity contribution in [2.24, 2.45) is 0 Å². The third kappa shape index (κ3) is 2.65. The van der Waals surface area contributed by atoms with Crippen LogP contribution >= 0.6 is 0 Å². The topological polar surface area (TPSA) is 85.1 Å². The predicted molar refractivity (Wildman–Crippen MR) is 70.6 cm³/mol. The fourth-order valence-corrected chi connectivity index (χ4v) is 2.72. The first kappa shape index (κ1) is 13.3. The SMILES string of the molecule is Cc1c(F)cccc1NS(=O)(=O)c1ncccc1N. The van der Waals surface area contributed by atoms with Crippen LogP contribution in [-0.4, -0.2) is 13.4 Å². The largest absolute Gasteiger partial charge is 0.396 e. The van der Waals surface area contributed by atoms with Crippen LogP contribution in [0.3, 0.4) is 0 Å². The number of sulfonamides is 1. The van der Waals surface area contributed by atoms with Gasteiger partial charge in [0, 0.05) is 11.8 Å². The van der Waals surface area contributed by atoms with Crippen molar-refractivity contribution in [1.29, 1.82) is 0 Å². The quantitative estimate of drug-likeness (QED) is 0.900. The van der Waals surface area contributed by atoms with Gasteiger partial charge < -0.3 is 5.73 Å². The second-order valence-electron chi connectivity index (χ2n) is 3.92. The lowest BCUT2D eigenvalue weighted by molar-refractivity contribution is 0.597. The number of aromatic nitrogens is 1. The van der Waals surface area contributed by atoms with Crippen molar-refractivity contribution < 1.29 is 12.8 Å². The molecule has 1 aromatic heterocycles. The van der Waals surface area contributed by atoms with Gasteiger partial charge in [-0.2, -0.15) is 8.42 Å². The number of pyridine rings is 1. The molecule has 3 N–H and O–H groups in total. The Morgan fingerprint density at radius 1 is 1.26 bits per heavy atom. The summed E-state index contributed by atoms with van der Waals surface area (Å²) in [6.45, 7) is 1.48. The van der Waals surface area contributed by atoms with E-state index < -0.39 is 15.8 Å². The van der Waals surface area contributed by atoms with Gasteiger partial charge in [-0.3, -0.25) is 4.72 Å². The fourth-order valence-electron chi connectivity index (χ4n) is 1.54. The summed E-state index contributed by atoms with van der Waals surface area (Å²) in [5.74, 6) is -0.491. The van der Waals surface area contributed by atoms with Gasteiger partial charge in [-0.25, -0.2) is 9.37 Å². The molecule has 0 aliphatic carbocycles. The average Bonchev–Trinajstić information content (AvgIpc) is 2.35. The number of anilines is 2. The van der Waals surface area contributed by atoms with Gasteiger partial charge >= 0.3 is 0 Å². The third-order valence-electron chi connectivity index (χ3n) is 2.57. The molecule has 19 heavy (non-hydrogen) atoms. The van der Waals surface area contributed by atoms with Gasteiger partial charge in [0.2, 0.25) is 0 Å². The van der Waals surface area contributed by atoms with E-state index in [1.807, 2.05) is 0 Å². The van der Waals surface area contributed by atoms with Crippen LogP contribution < -0.4 is 10.5 Å². The molecular weight excluding hydrogens is 269 g/mol. The number of nitrogen functional groups attached to an aromatic ring is 1. The van der Waals surface area contributed by atoms with Gasteiger partial charge in [0.15, 0.2) is 5.03 Å². The molecule has 1 aromatic carbocycles. The summed E-state index contributed by atoms with van der Waals surface area (Å²) in [7, 11) is -3.94. The summed E-state index contributed by atoms with van der Waals surface area (Å²) >= 11 is 0. The first-order valence-corrected chi connectivity index (χ1v) is 6.88. The van der Waals surface area contributed by atoms with Gasteiger partial charge in [0.25, 0.3) is 10.0 Å². The third-order valence-corrected chi connectivity index (χ3v) is 3.91. The van der Waals surface area contributed by atoms with Crippen LogP contribution in [0.2, 0.25) is 0 Å². The molecule has 0 aliphatic heterocycles. The van der Waals surface area contributed by atoms with Crippen molar-refractivity contribution in [3.05, 3.63) is 47.9 Å². The smallest absolute Gasteiger partial charge is 0.281 e. The van der Waals surface area contributed by atoms with Gasteiger partial charge in [-0.1, -0.05) is 6.07 Å². The molecule has 0 radical (unpaired) electrons. The molecule has 2 rings (SSSR count). The van der Waals surface area contributed by atoms with E-state index in [-0.39, 0.29) is 22.0 Å². The van der Waals surface area contributed by atoms with E-state index in [1.54, 1.807) is 0 Å². The number of benzene rings is 1. The Bertz CT molecular complexity index is 717. The van der Waals surface area contributed by atoms with E-state index in [0.29, 0.717) is 0 Å². The molecule has 0 spiro atoms. The lowest BCUT2D eigenvalue weighted by Gasteiger charge is -2.11. The summed E-state index contributed by atoms with van der Waals surface area (Å²) in [5.41, 5.74) is 5.97. The summed E-state index contributed by atoms with van der Waals surface area (Å²) in [6.07, 6.45) is 1.32. The lowest BCUT2D eigenvalue weighted by atomic mass is 10.2. The van der Waals surface area contributed by atoms with Crippen LogP contribution in [0.5, 0.6) is 0 Å². The molecule has 2 aromatic rings. The minimum Gasteiger partial charge on any atom is -0.396 e. The minimum absolute atomic E-state index is 0.0315. The highest BCUT2D eigenvalue weighted by Crippen LogP contribution is 2.22. The molecule has 7 heteroatoms. The summed E-state index contributed by atoms with van der Waals surface area (Å²) in [4.78, 5) is 3.73. The zero-order valence-corrected chi connectivity index (χ0v) is 10.9. The van der Waals surface area contributed by atoms with E-state index in [4.69, 9.17) is 5.73 Å². The van der Waals surface area contributed by atoms with Gasteiger partial charge in [0.05, 0.1) is 11.4 Å². The highest BCUT2D eigenvalue weighted by Gasteiger charge is 2.20. The van der Waals surface area contributed by atoms with Crippen molar-refractivity contribution in [1.82, 2.24) is 4.98 Å². The number of rotatable bonds is 3. The van der Waals surface area contributed by atoms with Crippen LogP contribution in [-0.2, 0) is 10.0 Å². The maximum Gasteiger partial charge on any atom is 0.281 e. The van der Waals surface area contributed by atoms with Crippen molar-refractivity contribution >= 4 is 21.4 Å².